The highest BCUT2D eigenvalue weighted by Crippen LogP contribution is 2.56. The van der Waals surface area contributed by atoms with Crippen LogP contribution in [-0.2, 0) is 15.9 Å². The van der Waals surface area contributed by atoms with E-state index in [1.165, 1.54) is 24.1 Å². The van der Waals surface area contributed by atoms with Crippen molar-refractivity contribution in [2.24, 2.45) is 5.92 Å². The van der Waals surface area contributed by atoms with E-state index in [1.54, 1.807) is 0 Å². The number of H-pyrrole nitrogens is 1. The van der Waals surface area contributed by atoms with Crippen LogP contribution in [-0.4, -0.2) is 29.2 Å². The summed E-state index contributed by atoms with van der Waals surface area (Å²) in [5.41, 5.74) is 2.62. The van der Waals surface area contributed by atoms with E-state index in [9.17, 15) is 0 Å². The van der Waals surface area contributed by atoms with E-state index in [1.807, 2.05) is 6.20 Å². The molecule has 1 aliphatic heterocycles. The van der Waals surface area contributed by atoms with Crippen LogP contribution in [0.25, 0.3) is 0 Å². The van der Waals surface area contributed by atoms with Crippen molar-refractivity contribution in [3.05, 3.63) is 17.5 Å². The number of aromatic amines is 1. The molecule has 1 aromatic heterocycles. The van der Waals surface area contributed by atoms with Gasteiger partial charge in [-0.15, -0.1) is 0 Å². The van der Waals surface area contributed by atoms with E-state index in [0.29, 0.717) is 11.8 Å². The van der Waals surface area contributed by atoms with Gasteiger partial charge in [-0.25, -0.2) is 0 Å². The van der Waals surface area contributed by atoms with E-state index in [2.05, 4.69) is 10.2 Å². The molecule has 1 aromatic rings. The van der Waals surface area contributed by atoms with Gasteiger partial charge in [0.25, 0.3) is 0 Å². The van der Waals surface area contributed by atoms with Gasteiger partial charge in [0.2, 0.25) is 0 Å². The predicted octanol–water partition coefficient (Wildman–Crippen LogP) is 1.20. The molecule has 4 rings (SSSR count). The van der Waals surface area contributed by atoms with Crippen molar-refractivity contribution >= 4 is 0 Å². The zero-order valence-electron chi connectivity index (χ0n) is 8.53. The maximum atomic E-state index is 5.93. The summed E-state index contributed by atoms with van der Waals surface area (Å²) >= 11 is 0. The molecular weight excluding hydrogens is 192 g/mol. The van der Waals surface area contributed by atoms with Crippen molar-refractivity contribution in [3.63, 3.8) is 0 Å². The number of ether oxygens (including phenoxy) is 2. The molecule has 0 unspecified atom stereocenters. The summed E-state index contributed by atoms with van der Waals surface area (Å²) < 4.78 is 11.9. The summed E-state index contributed by atoms with van der Waals surface area (Å²) in [7, 11) is 0. The summed E-state index contributed by atoms with van der Waals surface area (Å²) in [4.78, 5) is 0. The molecule has 4 nitrogen and oxygen atoms in total. The number of nitrogens with one attached hydrogen (secondary N) is 1. The van der Waals surface area contributed by atoms with Gasteiger partial charge in [-0.3, -0.25) is 5.10 Å². The van der Waals surface area contributed by atoms with Crippen molar-refractivity contribution in [1.82, 2.24) is 10.2 Å². The van der Waals surface area contributed by atoms with Crippen molar-refractivity contribution in [3.8, 4) is 0 Å². The minimum absolute atomic E-state index is 0.295. The Balaban J connectivity index is 1.86. The summed E-state index contributed by atoms with van der Waals surface area (Å²) in [5, 5.41) is 7.24. The van der Waals surface area contributed by atoms with Crippen molar-refractivity contribution in [1.29, 1.82) is 0 Å². The molecule has 2 aliphatic carbocycles. The van der Waals surface area contributed by atoms with Crippen LogP contribution in [0.15, 0.2) is 6.20 Å². The number of aromatic nitrogens is 2. The zero-order chi connectivity index (χ0) is 9.88. The van der Waals surface area contributed by atoms with Crippen LogP contribution in [0.3, 0.4) is 0 Å². The van der Waals surface area contributed by atoms with Gasteiger partial charge in [0.05, 0.1) is 19.4 Å². The molecule has 1 saturated carbocycles. The van der Waals surface area contributed by atoms with Gasteiger partial charge in [0, 0.05) is 23.1 Å². The lowest BCUT2D eigenvalue weighted by Gasteiger charge is -2.38. The van der Waals surface area contributed by atoms with Crippen molar-refractivity contribution < 1.29 is 9.47 Å². The molecule has 0 radical (unpaired) electrons. The van der Waals surface area contributed by atoms with Crippen LogP contribution in [0.2, 0.25) is 0 Å². The van der Waals surface area contributed by atoms with E-state index in [-0.39, 0.29) is 5.79 Å². The van der Waals surface area contributed by atoms with Crippen molar-refractivity contribution in [2.45, 2.75) is 31.0 Å². The fourth-order valence-corrected chi connectivity index (χ4v) is 3.58. The molecule has 2 fully saturated rings. The number of hydrogen-bond acceptors (Lipinski definition) is 3. The second-order valence-corrected chi connectivity index (χ2v) is 4.75. The lowest BCUT2D eigenvalue weighted by atomic mass is 9.81. The molecule has 80 valence electrons. The van der Waals surface area contributed by atoms with E-state index in [4.69, 9.17) is 9.47 Å². The van der Waals surface area contributed by atoms with Gasteiger partial charge in [-0.05, 0) is 19.3 Å². The SMILES string of the molecule is c1n[nH]c2c1[C@H]1CC[C@@H](C2)C12OCCO2. The highest BCUT2D eigenvalue weighted by atomic mass is 16.7. The predicted molar refractivity (Wildman–Crippen MR) is 52.4 cm³/mol. The average molecular weight is 206 g/mol. The largest absolute Gasteiger partial charge is 0.347 e. The fourth-order valence-electron chi connectivity index (χ4n) is 3.58. The van der Waals surface area contributed by atoms with Crippen LogP contribution in [0.1, 0.15) is 30.0 Å². The molecule has 3 aliphatic rings. The topological polar surface area (TPSA) is 47.1 Å². The van der Waals surface area contributed by atoms with E-state index >= 15 is 0 Å². The minimum Gasteiger partial charge on any atom is -0.347 e. The second kappa shape index (κ2) is 2.62. The first-order valence-electron chi connectivity index (χ1n) is 5.70. The normalized spacial score (nSPS) is 36.0. The Morgan fingerprint density at radius 2 is 2.20 bits per heavy atom. The van der Waals surface area contributed by atoms with Crippen LogP contribution in [0.5, 0.6) is 0 Å². The number of fused-ring (bicyclic) bond motifs is 2. The molecular formula is C11H14N2O2. The Hall–Kier alpha value is -0.870. The first-order chi connectivity index (χ1) is 7.40. The van der Waals surface area contributed by atoms with Crippen LogP contribution < -0.4 is 0 Å². The Morgan fingerprint density at radius 3 is 3.07 bits per heavy atom. The van der Waals surface area contributed by atoms with Gasteiger partial charge in [-0.1, -0.05) is 0 Å². The van der Waals surface area contributed by atoms with Crippen LogP contribution >= 0.6 is 0 Å². The molecule has 1 N–H and O–H groups in total. The van der Waals surface area contributed by atoms with Gasteiger partial charge >= 0.3 is 0 Å². The number of nitrogens with zero attached hydrogens (tertiary/aromatic N) is 1. The van der Waals surface area contributed by atoms with Crippen LogP contribution in [0, 0.1) is 5.92 Å². The number of rotatable bonds is 0. The van der Waals surface area contributed by atoms with Gasteiger partial charge in [0.15, 0.2) is 5.79 Å². The van der Waals surface area contributed by atoms with Crippen molar-refractivity contribution in [2.75, 3.05) is 13.2 Å². The third-order valence-electron chi connectivity index (χ3n) is 4.17. The second-order valence-electron chi connectivity index (χ2n) is 4.75. The Labute approximate surface area is 88.0 Å². The van der Waals surface area contributed by atoms with Gasteiger partial charge < -0.3 is 9.47 Å². The Kier molecular flexibility index (Phi) is 1.45. The summed E-state index contributed by atoms with van der Waals surface area (Å²) in [6.07, 6.45) is 5.38. The Bertz CT molecular complexity index is 395. The summed E-state index contributed by atoms with van der Waals surface area (Å²) in [5.74, 6) is 0.641. The molecule has 2 atom stereocenters. The maximum Gasteiger partial charge on any atom is 0.178 e. The lowest BCUT2D eigenvalue weighted by molar-refractivity contribution is -0.196. The van der Waals surface area contributed by atoms with E-state index in [0.717, 1.165) is 19.6 Å². The first-order valence-corrected chi connectivity index (χ1v) is 5.70. The third kappa shape index (κ3) is 0.874. The highest BCUT2D eigenvalue weighted by Gasteiger charge is 2.58. The molecule has 4 heteroatoms. The lowest BCUT2D eigenvalue weighted by Crippen LogP contribution is -2.43. The maximum absolute atomic E-state index is 5.93. The molecule has 1 saturated heterocycles. The van der Waals surface area contributed by atoms with E-state index < -0.39 is 0 Å². The van der Waals surface area contributed by atoms with Crippen LogP contribution in [0.4, 0.5) is 0 Å². The standard InChI is InChI=1S/C11H14N2O2/c1-2-9-8-6-12-13-10(8)5-7(1)11(9)14-3-4-15-11/h6-7,9H,1-5H2,(H,12,13)/t7-,9+/m0/s1. The molecule has 0 aromatic carbocycles. The van der Waals surface area contributed by atoms with Gasteiger partial charge in [-0.2, -0.15) is 5.10 Å². The zero-order valence-corrected chi connectivity index (χ0v) is 8.53. The summed E-state index contributed by atoms with van der Waals surface area (Å²) in [6.45, 7) is 1.50. The molecule has 15 heavy (non-hydrogen) atoms. The smallest absolute Gasteiger partial charge is 0.178 e. The van der Waals surface area contributed by atoms with Gasteiger partial charge in [0.1, 0.15) is 0 Å². The molecule has 2 bridgehead atoms. The molecule has 1 spiro atoms. The first kappa shape index (κ1) is 8.30. The molecule has 0 amide bonds. The quantitative estimate of drug-likeness (QED) is 0.694. The fraction of sp³-hybridized carbons (Fsp3) is 0.727. The highest BCUT2D eigenvalue weighted by molar-refractivity contribution is 5.32. The monoisotopic (exact) mass is 206 g/mol. The Morgan fingerprint density at radius 1 is 1.33 bits per heavy atom. The number of hydrogen-bond donors (Lipinski definition) is 1. The molecule has 2 heterocycles. The summed E-state index contributed by atoms with van der Waals surface area (Å²) in [6, 6.07) is 0. The minimum atomic E-state index is -0.295. The third-order valence-corrected chi connectivity index (χ3v) is 4.17. The average Bonchev–Trinajstić information content (AvgIpc) is 2.93.